The third kappa shape index (κ3) is 3.82. The Morgan fingerprint density at radius 1 is 1.35 bits per heavy atom. The molecule has 1 aliphatic rings. The van der Waals surface area contributed by atoms with E-state index in [1.807, 2.05) is 0 Å². The lowest BCUT2D eigenvalue weighted by molar-refractivity contribution is -0.139. The molecular formula is C15H19NO6S. The summed E-state index contributed by atoms with van der Waals surface area (Å²) in [5, 5.41) is 11.7. The molecule has 1 saturated carbocycles. The van der Waals surface area contributed by atoms with Gasteiger partial charge in [0, 0.05) is 6.26 Å². The van der Waals surface area contributed by atoms with Gasteiger partial charge in [0.1, 0.15) is 5.75 Å². The molecule has 126 valence electrons. The van der Waals surface area contributed by atoms with Crippen LogP contribution in [-0.2, 0) is 14.6 Å². The monoisotopic (exact) mass is 341 g/mol. The van der Waals surface area contributed by atoms with Gasteiger partial charge in [0.2, 0.25) is 0 Å². The van der Waals surface area contributed by atoms with Crippen molar-refractivity contribution in [1.29, 1.82) is 0 Å². The van der Waals surface area contributed by atoms with Gasteiger partial charge < -0.3 is 15.2 Å². The number of hydrogen-bond donors (Lipinski definition) is 2. The number of carboxylic acids is 1. The van der Waals surface area contributed by atoms with Gasteiger partial charge in [-0.2, -0.15) is 0 Å². The maximum atomic E-state index is 12.5. The van der Waals surface area contributed by atoms with Crippen molar-refractivity contribution >= 4 is 21.7 Å². The fraction of sp³-hybridized carbons (Fsp3) is 0.467. The van der Waals surface area contributed by atoms with E-state index in [4.69, 9.17) is 9.84 Å². The van der Waals surface area contributed by atoms with Gasteiger partial charge in [-0.1, -0.05) is 0 Å². The Balaban J connectivity index is 2.32. The number of ether oxygens (including phenoxy) is 1. The van der Waals surface area contributed by atoms with E-state index >= 15 is 0 Å². The van der Waals surface area contributed by atoms with Crippen LogP contribution in [0.2, 0.25) is 0 Å². The van der Waals surface area contributed by atoms with E-state index < -0.39 is 27.3 Å². The highest BCUT2D eigenvalue weighted by Gasteiger charge is 2.40. The number of carbonyl (C=O) groups excluding carboxylic acids is 1. The van der Waals surface area contributed by atoms with Crippen LogP contribution < -0.4 is 10.1 Å². The van der Waals surface area contributed by atoms with Crippen LogP contribution >= 0.6 is 0 Å². The van der Waals surface area contributed by atoms with Crippen molar-refractivity contribution in [3.63, 3.8) is 0 Å². The lowest BCUT2D eigenvalue weighted by Crippen LogP contribution is -2.54. The first-order valence-corrected chi connectivity index (χ1v) is 8.98. The van der Waals surface area contributed by atoms with E-state index in [0.29, 0.717) is 12.8 Å². The molecule has 1 aliphatic carbocycles. The zero-order chi connectivity index (χ0) is 17.3. The molecule has 0 aromatic heterocycles. The minimum absolute atomic E-state index is 0.00402. The molecule has 0 atom stereocenters. The lowest BCUT2D eigenvalue weighted by atomic mass is 9.74. The topological polar surface area (TPSA) is 110 Å². The number of carboxylic acid groups (broad SMARTS) is 1. The van der Waals surface area contributed by atoms with Gasteiger partial charge in [0.05, 0.1) is 29.5 Å². The molecule has 1 aromatic carbocycles. The summed E-state index contributed by atoms with van der Waals surface area (Å²) >= 11 is 0. The van der Waals surface area contributed by atoms with Crippen LogP contribution in [0, 0.1) is 0 Å². The molecule has 0 unspecified atom stereocenters. The highest BCUT2D eigenvalue weighted by Crippen LogP contribution is 2.35. The first-order chi connectivity index (χ1) is 10.7. The summed E-state index contributed by atoms with van der Waals surface area (Å²) < 4.78 is 28.4. The van der Waals surface area contributed by atoms with Crippen LogP contribution in [0.15, 0.2) is 23.1 Å². The van der Waals surface area contributed by atoms with Crippen LogP contribution in [0.1, 0.15) is 36.0 Å². The van der Waals surface area contributed by atoms with Crippen molar-refractivity contribution in [1.82, 2.24) is 5.32 Å². The number of sulfone groups is 1. The second-order valence-electron chi connectivity index (χ2n) is 5.79. The van der Waals surface area contributed by atoms with Gasteiger partial charge in [-0.05, 0) is 37.5 Å². The van der Waals surface area contributed by atoms with Crippen molar-refractivity contribution < 1.29 is 27.9 Å². The zero-order valence-corrected chi connectivity index (χ0v) is 13.8. The smallest absolute Gasteiger partial charge is 0.305 e. The SMILES string of the molecule is COc1ccc(S(C)(=O)=O)cc1C(=O)NC1(CC(=O)O)CCC1. The summed E-state index contributed by atoms with van der Waals surface area (Å²) in [6, 6.07) is 4.02. The van der Waals surface area contributed by atoms with Crippen LogP contribution in [0.4, 0.5) is 0 Å². The molecule has 1 fully saturated rings. The average Bonchev–Trinajstić information content (AvgIpc) is 2.42. The molecule has 7 nitrogen and oxygen atoms in total. The largest absolute Gasteiger partial charge is 0.496 e. The Bertz CT molecular complexity index is 736. The van der Waals surface area contributed by atoms with Gasteiger partial charge in [0.25, 0.3) is 5.91 Å². The second-order valence-corrected chi connectivity index (χ2v) is 7.81. The number of carbonyl (C=O) groups is 2. The van der Waals surface area contributed by atoms with Gasteiger partial charge >= 0.3 is 5.97 Å². The summed E-state index contributed by atoms with van der Waals surface area (Å²) in [5.74, 6) is -1.28. The maximum Gasteiger partial charge on any atom is 0.305 e. The molecule has 0 spiro atoms. The Kier molecular flexibility index (Phi) is 4.65. The highest BCUT2D eigenvalue weighted by atomic mass is 32.2. The van der Waals surface area contributed by atoms with Gasteiger partial charge in [-0.3, -0.25) is 9.59 Å². The molecular weight excluding hydrogens is 322 g/mol. The van der Waals surface area contributed by atoms with Crippen LogP contribution in [-0.4, -0.2) is 44.3 Å². The van der Waals surface area contributed by atoms with Crippen LogP contribution in [0.5, 0.6) is 5.75 Å². The Morgan fingerprint density at radius 2 is 2.00 bits per heavy atom. The van der Waals surface area contributed by atoms with Gasteiger partial charge in [-0.25, -0.2) is 8.42 Å². The van der Waals surface area contributed by atoms with Crippen LogP contribution in [0.3, 0.4) is 0 Å². The summed E-state index contributed by atoms with van der Waals surface area (Å²) in [6.45, 7) is 0. The van der Waals surface area contributed by atoms with E-state index in [2.05, 4.69) is 5.32 Å². The number of rotatable bonds is 6. The first-order valence-electron chi connectivity index (χ1n) is 7.09. The summed E-state index contributed by atoms with van der Waals surface area (Å²) in [4.78, 5) is 23.5. The van der Waals surface area contributed by atoms with E-state index in [-0.39, 0.29) is 22.6 Å². The van der Waals surface area contributed by atoms with Crippen LogP contribution in [0.25, 0.3) is 0 Å². The van der Waals surface area contributed by atoms with E-state index in [1.54, 1.807) is 0 Å². The van der Waals surface area contributed by atoms with E-state index in [0.717, 1.165) is 12.7 Å². The van der Waals surface area contributed by atoms with Gasteiger partial charge in [-0.15, -0.1) is 0 Å². The molecule has 0 aliphatic heterocycles. The third-order valence-electron chi connectivity index (χ3n) is 4.02. The Morgan fingerprint density at radius 3 is 2.43 bits per heavy atom. The standard InChI is InChI=1S/C15H19NO6S/c1-22-12-5-4-10(23(2,20)21)8-11(12)14(19)16-15(6-3-7-15)9-13(17)18/h4-5,8H,3,6-7,9H2,1-2H3,(H,16,19)(H,17,18). The fourth-order valence-corrected chi connectivity index (χ4v) is 3.29. The predicted molar refractivity (Wildman–Crippen MR) is 82.4 cm³/mol. The number of amides is 1. The quantitative estimate of drug-likeness (QED) is 0.805. The maximum absolute atomic E-state index is 12.5. The molecule has 0 radical (unpaired) electrons. The molecule has 0 saturated heterocycles. The number of benzene rings is 1. The fourth-order valence-electron chi connectivity index (χ4n) is 2.64. The predicted octanol–water partition coefficient (Wildman–Crippen LogP) is 1.23. The summed E-state index contributed by atoms with van der Waals surface area (Å²) in [7, 11) is -2.09. The molecule has 2 N–H and O–H groups in total. The zero-order valence-electron chi connectivity index (χ0n) is 13.0. The number of aliphatic carboxylic acids is 1. The Labute approximate surface area is 134 Å². The molecule has 0 heterocycles. The van der Waals surface area contributed by atoms with Crippen molar-refractivity contribution in [2.45, 2.75) is 36.1 Å². The average molecular weight is 341 g/mol. The molecule has 8 heteroatoms. The third-order valence-corrected chi connectivity index (χ3v) is 5.13. The summed E-state index contributed by atoms with van der Waals surface area (Å²) in [6.07, 6.45) is 2.90. The van der Waals surface area contributed by atoms with Gasteiger partial charge in [0.15, 0.2) is 9.84 Å². The molecule has 1 aromatic rings. The Hall–Kier alpha value is -2.09. The molecule has 2 rings (SSSR count). The van der Waals surface area contributed by atoms with E-state index in [9.17, 15) is 18.0 Å². The number of nitrogens with one attached hydrogen (secondary N) is 1. The van der Waals surface area contributed by atoms with Crippen molar-refractivity contribution in [2.24, 2.45) is 0 Å². The highest BCUT2D eigenvalue weighted by molar-refractivity contribution is 7.90. The second kappa shape index (κ2) is 6.19. The number of methoxy groups -OCH3 is 1. The van der Waals surface area contributed by atoms with Crippen molar-refractivity contribution in [2.75, 3.05) is 13.4 Å². The normalized spacial score (nSPS) is 16.3. The van der Waals surface area contributed by atoms with E-state index in [1.165, 1.54) is 25.3 Å². The minimum atomic E-state index is -3.47. The number of hydrogen-bond acceptors (Lipinski definition) is 5. The minimum Gasteiger partial charge on any atom is -0.496 e. The first kappa shape index (κ1) is 17.3. The molecule has 23 heavy (non-hydrogen) atoms. The van der Waals surface area contributed by atoms with Crippen molar-refractivity contribution in [3.8, 4) is 5.75 Å². The molecule has 0 bridgehead atoms. The lowest BCUT2D eigenvalue weighted by Gasteiger charge is -2.41. The van der Waals surface area contributed by atoms with Crippen molar-refractivity contribution in [3.05, 3.63) is 23.8 Å². The summed E-state index contributed by atoms with van der Waals surface area (Å²) in [5.41, 5.74) is -0.693. The molecule has 1 amide bonds.